The molecule has 0 fully saturated rings. The number of hydrogen-bond donors (Lipinski definition) is 3. The second kappa shape index (κ2) is 9.27. The van der Waals surface area contributed by atoms with Crippen LogP contribution in [0.25, 0.3) is 0 Å². The van der Waals surface area contributed by atoms with Crippen LogP contribution in [0.5, 0.6) is 11.5 Å². The summed E-state index contributed by atoms with van der Waals surface area (Å²) in [6.07, 6.45) is 0.543. The van der Waals surface area contributed by atoms with Crippen molar-refractivity contribution in [1.29, 1.82) is 0 Å². The van der Waals surface area contributed by atoms with Crippen molar-refractivity contribution in [3.8, 4) is 11.5 Å². The molecule has 0 saturated heterocycles. The largest absolute Gasteiger partial charge is 0.504 e. The van der Waals surface area contributed by atoms with Crippen molar-refractivity contribution in [2.75, 3.05) is 18.1 Å². The fourth-order valence-corrected chi connectivity index (χ4v) is 4.05. The minimum absolute atomic E-state index is 0.157. The van der Waals surface area contributed by atoms with Gasteiger partial charge in [-0.05, 0) is 12.1 Å². The van der Waals surface area contributed by atoms with Crippen LogP contribution in [0.2, 0.25) is 0 Å². The van der Waals surface area contributed by atoms with Crippen LogP contribution in [-0.4, -0.2) is 54.6 Å². The summed E-state index contributed by atoms with van der Waals surface area (Å²) in [5, 5.41) is 25.1. The van der Waals surface area contributed by atoms with Gasteiger partial charge in [0, 0.05) is 24.0 Å². The lowest BCUT2D eigenvalue weighted by Gasteiger charge is -2.23. The number of aromatic hydroxyl groups is 1. The zero-order chi connectivity index (χ0) is 23.5. The Morgan fingerprint density at radius 1 is 1.19 bits per heavy atom. The first-order valence-electron chi connectivity index (χ1n) is 9.65. The number of nitrogens with one attached hydrogen (secondary N) is 1. The van der Waals surface area contributed by atoms with Gasteiger partial charge in [0.05, 0.1) is 37.2 Å². The highest BCUT2D eigenvalue weighted by atomic mass is 32.2. The second-order valence-corrected chi connectivity index (χ2v) is 8.97. The summed E-state index contributed by atoms with van der Waals surface area (Å²) in [5.74, 6) is -1.60. The third-order valence-corrected chi connectivity index (χ3v) is 5.45. The molecule has 10 nitrogen and oxygen atoms in total. The van der Waals surface area contributed by atoms with Gasteiger partial charge in [0.25, 0.3) is 0 Å². The van der Waals surface area contributed by atoms with Gasteiger partial charge >= 0.3 is 5.97 Å². The van der Waals surface area contributed by atoms with Crippen LogP contribution in [0.15, 0.2) is 47.6 Å². The quantitative estimate of drug-likeness (QED) is 0.547. The van der Waals surface area contributed by atoms with Crippen molar-refractivity contribution in [3.63, 3.8) is 0 Å². The number of carboxylic acids is 1. The standard InChI is InChI=1S/C21H23N3O7S/c1-31-18-9-5-7-14(21(18)28)17-12-16(22-24(17)19(25)10-11-20(26)27)13-6-3-4-8-15(13)23-32(2,29)30/h3-9,17,23,28H,10-12H2,1-2H3,(H,26,27)/t17-/m1/s1. The van der Waals surface area contributed by atoms with Gasteiger partial charge in [-0.25, -0.2) is 13.4 Å². The molecular formula is C21H23N3O7S. The Morgan fingerprint density at radius 3 is 2.56 bits per heavy atom. The number of sulfonamides is 1. The fourth-order valence-electron chi connectivity index (χ4n) is 3.47. The zero-order valence-corrected chi connectivity index (χ0v) is 18.3. The fraction of sp³-hybridized carbons (Fsp3) is 0.286. The van der Waals surface area contributed by atoms with Crippen molar-refractivity contribution in [3.05, 3.63) is 53.6 Å². The number of hydrogen-bond acceptors (Lipinski definition) is 7. The van der Waals surface area contributed by atoms with E-state index in [4.69, 9.17) is 9.84 Å². The number of phenols is 1. The van der Waals surface area contributed by atoms with Crippen molar-refractivity contribution in [2.24, 2.45) is 5.10 Å². The van der Waals surface area contributed by atoms with Gasteiger partial charge in [0.1, 0.15) is 0 Å². The van der Waals surface area contributed by atoms with Gasteiger partial charge in [0.2, 0.25) is 15.9 Å². The molecule has 1 atom stereocenters. The van der Waals surface area contributed by atoms with E-state index in [9.17, 15) is 23.1 Å². The number of carbonyl (C=O) groups is 2. The molecule has 0 saturated carbocycles. The molecule has 2 aromatic carbocycles. The highest BCUT2D eigenvalue weighted by Crippen LogP contribution is 2.42. The molecule has 1 amide bonds. The van der Waals surface area contributed by atoms with Crippen LogP contribution in [-0.2, 0) is 19.6 Å². The molecule has 0 radical (unpaired) electrons. The number of carbonyl (C=O) groups excluding carboxylic acids is 1. The first-order chi connectivity index (χ1) is 15.1. The normalized spacial score (nSPS) is 15.9. The van der Waals surface area contributed by atoms with Gasteiger partial charge in [-0.1, -0.05) is 30.3 Å². The SMILES string of the molecule is COc1cccc([C@H]2CC(c3ccccc3NS(C)(=O)=O)=NN2C(=O)CCC(=O)O)c1O. The van der Waals surface area contributed by atoms with Gasteiger partial charge in [0.15, 0.2) is 11.5 Å². The van der Waals surface area contributed by atoms with Crippen molar-refractivity contribution in [2.45, 2.75) is 25.3 Å². The average Bonchev–Trinajstić information content (AvgIpc) is 3.16. The molecule has 3 N–H and O–H groups in total. The molecule has 32 heavy (non-hydrogen) atoms. The van der Waals surface area contributed by atoms with E-state index in [2.05, 4.69) is 9.82 Å². The molecule has 11 heteroatoms. The molecular weight excluding hydrogens is 438 g/mol. The van der Waals surface area contributed by atoms with Gasteiger partial charge < -0.3 is 14.9 Å². The number of nitrogens with zero attached hydrogens (tertiary/aromatic N) is 2. The van der Waals surface area contributed by atoms with E-state index >= 15 is 0 Å². The number of benzene rings is 2. The Bertz CT molecular complexity index is 1180. The summed E-state index contributed by atoms with van der Waals surface area (Å²) >= 11 is 0. The number of phenolic OH excluding ortho intramolecular Hbond substituents is 1. The van der Waals surface area contributed by atoms with E-state index in [0.717, 1.165) is 11.3 Å². The zero-order valence-electron chi connectivity index (χ0n) is 17.5. The van der Waals surface area contributed by atoms with Crippen LogP contribution in [0, 0.1) is 0 Å². The summed E-state index contributed by atoms with van der Waals surface area (Å²) in [6.45, 7) is 0. The van der Waals surface area contributed by atoms with E-state index in [0.29, 0.717) is 22.5 Å². The maximum Gasteiger partial charge on any atom is 0.303 e. The summed E-state index contributed by atoms with van der Waals surface area (Å²) in [7, 11) is -2.16. The lowest BCUT2D eigenvalue weighted by atomic mass is 9.96. The monoisotopic (exact) mass is 461 g/mol. The van der Waals surface area contributed by atoms with Crippen molar-refractivity contribution in [1.82, 2.24) is 5.01 Å². The summed E-state index contributed by atoms with van der Waals surface area (Å²) < 4.78 is 31.1. The molecule has 3 rings (SSSR count). The number of methoxy groups -OCH3 is 1. The molecule has 0 aromatic heterocycles. The summed E-state index contributed by atoms with van der Waals surface area (Å²) in [4.78, 5) is 23.8. The smallest absolute Gasteiger partial charge is 0.303 e. The Morgan fingerprint density at radius 2 is 1.91 bits per heavy atom. The lowest BCUT2D eigenvalue weighted by Crippen LogP contribution is -2.27. The maximum atomic E-state index is 12.8. The predicted molar refractivity (Wildman–Crippen MR) is 117 cm³/mol. The molecule has 2 aromatic rings. The topological polar surface area (TPSA) is 146 Å². The molecule has 1 aliphatic rings. The first-order valence-corrected chi connectivity index (χ1v) is 11.5. The Kier molecular flexibility index (Phi) is 6.68. The number of para-hydroxylation sites is 2. The molecule has 1 heterocycles. The van der Waals surface area contributed by atoms with Crippen LogP contribution in [0.1, 0.15) is 36.4 Å². The van der Waals surface area contributed by atoms with Crippen LogP contribution < -0.4 is 9.46 Å². The minimum Gasteiger partial charge on any atom is -0.504 e. The first kappa shape index (κ1) is 23.1. The number of aliphatic carboxylic acids is 1. The number of anilines is 1. The van der Waals surface area contributed by atoms with Crippen LogP contribution >= 0.6 is 0 Å². The second-order valence-electron chi connectivity index (χ2n) is 7.22. The molecule has 1 aliphatic heterocycles. The van der Waals surface area contributed by atoms with E-state index < -0.39 is 27.9 Å². The molecule has 0 spiro atoms. The number of ether oxygens (including phenoxy) is 1. The molecule has 0 bridgehead atoms. The van der Waals surface area contributed by atoms with Gasteiger partial charge in [-0.3, -0.25) is 14.3 Å². The number of hydrazone groups is 1. The average molecular weight is 461 g/mol. The highest BCUT2D eigenvalue weighted by molar-refractivity contribution is 7.92. The molecule has 0 unspecified atom stereocenters. The Balaban J connectivity index is 2.04. The lowest BCUT2D eigenvalue weighted by molar-refractivity contribution is -0.141. The molecule has 170 valence electrons. The summed E-state index contributed by atoms with van der Waals surface area (Å²) in [6, 6.07) is 10.7. The predicted octanol–water partition coefficient (Wildman–Crippen LogP) is 2.31. The Hall–Kier alpha value is -3.60. The minimum atomic E-state index is -3.57. The highest BCUT2D eigenvalue weighted by Gasteiger charge is 2.36. The van der Waals surface area contributed by atoms with E-state index in [1.54, 1.807) is 42.5 Å². The Labute approximate surface area is 185 Å². The van der Waals surface area contributed by atoms with E-state index in [1.807, 2.05) is 0 Å². The number of rotatable bonds is 8. The third-order valence-electron chi connectivity index (χ3n) is 4.86. The van der Waals surface area contributed by atoms with Gasteiger partial charge in [-0.2, -0.15) is 5.10 Å². The number of carboxylic acid groups (broad SMARTS) is 1. The van der Waals surface area contributed by atoms with Crippen molar-refractivity contribution >= 4 is 33.3 Å². The van der Waals surface area contributed by atoms with E-state index in [-0.39, 0.29) is 30.8 Å². The third kappa shape index (κ3) is 5.17. The number of amides is 1. The van der Waals surface area contributed by atoms with Crippen LogP contribution in [0.3, 0.4) is 0 Å². The maximum absolute atomic E-state index is 12.8. The molecule has 0 aliphatic carbocycles. The summed E-state index contributed by atoms with van der Waals surface area (Å²) in [5.41, 5.74) is 1.55. The van der Waals surface area contributed by atoms with E-state index in [1.165, 1.54) is 7.11 Å². The van der Waals surface area contributed by atoms with Gasteiger partial charge in [-0.15, -0.1) is 0 Å². The van der Waals surface area contributed by atoms with Crippen LogP contribution in [0.4, 0.5) is 5.69 Å². The van der Waals surface area contributed by atoms with Crippen molar-refractivity contribution < 1.29 is 33.0 Å².